The van der Waals surface area contributed by atoms with E-state index in [1.165, 1.54) is 12.1 Å². The lowest BCUT2D eigenvalue weighted by atomic mass is 9.84. The summed E-state index contributed by atoms with van der Waals surface area (Å²) in [6.07, 6.45) is 4.74. The van der Waals surface area contributed by atoms with Gasteiger partial charge in [0, 0.05) is 50.4 Å². The molecular weight excluding hydrogens is 383 g/mol. The fourth-order valence-electron chi connectivity index (χ4n) is 4.18. The SMILES string of the molecule is Cc1cc(N2CCC(O)(c3ccc(F)cc3)CC2)n2nc(-c3nccn3C)cc2n1. The summed E-state index contributed by atoms with van der Waals surface area (Å²) in [5.74, 6) is 1.43. The molecule has 0 atom stereocenters. The Morgan fingerprint density at radius 1 is 1.10 bits per heavy atom. The number of benzene rings is 1. The molecule has 0 unspecified atom stereocenters. The van der Waals surface area contributed by atoms with Crippen LogP contribution in [-0.2, 0) is 12.6 Å². The minimum absolute atomic E-state index is 0.295. The summed E-state index contributed by atoms with van der Waals surface area (Å²) in [5, 5.41) is 15.9. The Labute approximate surface area is 173 Å². The smallest absolute Gasteiger partial charge is 0.160 e. The molecule has 0 radical (unpaired) electrons. The van der Waals surface area contributed by atoms with E-state index in [1.54, 1.807) is 18.3 Å². The largest absolute Gasteiger partial charge is 0.385 e. The molecule has 1 N–H and O–H groups in total. The summed E-state index contributed by atoms with van der Waals surface area (Å²) in [7, 11) is 1.94. The van der Waals surface area contributed by atoms with Crippen LogP contribution in [0.3, 0.4) is 0 Å². The Morgan fingerprint density at radius 3 is 2.50 bits per heavy atom. The molecule has 154 valence electrons. The molecule has 1 aromatic carbocycles. The van der Waals surface area contributed by atoms with Crippen molar-refractivity contribution in [1.29, 1.82) is 0 Å². The molecular formula is C22H23FN6O. The zero-order valence-corrected chi connectivity index (χ0v) is 17.0. The van der Waals surface area contributed by atoms with Crippen molar-refractivity contribution in [3.63, 3.8) is 0 Å². The Balaban J connectivity index is 1.46. The maximum atomic E-state index is 13.3. The number of imidazole rings is 1. The van der Waals surface area contributed by atoms with Crippen LogP contribution in [0.15, 0.2) is 48.8 Å². The summed E-state index contributed by atoms with van der Waals surface area (Å²) in [5.41, 5.74) is 2.25. The maximum Gasteiger partial charge on any atom is 0.160 e. The predicted octanol–water partition coefficient (Wildman–Crippen LogP) is 3.07. The molecule has 8 heteroatoms. The number of nitrogens with zero attached hydrogens (tertiary/aromatic N) is 6. The Bertz CT molecular complexity index is 1200. The van der Waals surface area contributed by atoms with Crippen LogP contribution in [0.4, 0.5) is 10.2 Å². The first-order valence-corrected chi connectivity index (χ1v) is 10.0. The molecule has 1 aliphatic rings. The summed E-state index contributed by atoms with van der Waals surface area (Å²) in [4.78, 5) is 11.2. The number of anilines is 1. The summed E-state index contributed by atoms with van der Waals surface area (Å²) in [6.45, 7) is 3.28. The van der Waals surface area contributed by atoms with Gasteiger partial charge in [0.15, 0.2) is 11.5 Å². The standard InChI is InChI=1S/C22H23FN6O/c1-15-13-20(29-19(25-15)14-18(26-29)21-24-9-12-27(21)2)28-10-7-22(30,8-11-28)16-3-5-17(23)6-4-16/h3-6,9,12-14,30H,7-8,10-11H2,1-2H3. The van der Waals surface area contributed by atoms with E-state index >= 15 is 0 Å². The van der Waals surface area contributed by atoms with Gasteiger partial charge in [-0.25, -0.2) is 14.4 Å². The molecule has 0 bridgehead atoms. The fraction of sp³-hybridized carbons (Fsp3) is 0.318. The van der Waals surface area contributed by atoms with Crippen molar-refractivity contribution in [3.8, 4) is 11.5 Å². The lowest BCUT2D eigenvalue weighted by Crippen LogP contribution is -2.43. The number of aryl methyl sites for hydroxylation is 2. The maximum absolute atomic E-state index is 13.3. The topological polar surface area (TPSA) is 71.5 Å². The van der Waals surface area contributed by atoms with Gasteiger partial charge in [0.2, 0.25) is 0 Å². The minimum Gasteiger partial charge on any atom is -0.385 e. The van der Waals surface area contributed by atoms with E-state index < -0.39 is 5.60 Å². The molecule has 1 saturated heterocycles. The third kappa shape index (κ3) is 3.13. The lowest BCUT2D eigenvalue weighted by Gasteiger charge is -2.39. The zero-order valence-electron chi connectivity index (χ0n) is 17.0. The first-order valence-electron chi connectivity index (χ1n) is 10.0. The average Bonchev–Trinajstić information content (AvgIpc) is 3.34. The molecule has 0 aliphatic carbocycles. The van der Waals surface area contributed by atoms with Crippen LogP contribution >= 0.6 is 0 Å². The van der Waals surface area contributed by atoms with Crippen molar-refractivity contribution in [3.05, 3.63) is 65.9 Å². The van der Waals surface area contributed by atoms with Crippen molar-refractivity contribution in [2.75, 3.05) is 18.0 Å². The third-order valence-electron chi connectivity index (χ3n) is 5.88. The molecule has 4 heterocycles. The second-order valence-corrected chi connectivity index (χ2v) is 7.94. The van der Waals surface area contributed by atoms with E-state index in [1.807, 2.05) is 41.4 Å². The molecule has 0 saturated carbocycles. The normalized spacial score (nSPS) is 16.3. The Kier molecular flexibility index (Phi) is 4.32. The molecule has 4 aromatic rings. The first kappa shape index (κ1) is 18.7. The lowest BCUT2D eigenvalue weighted by molar-refractivity contribution is 0.0115. The molecule has 3 aromatic heterocycles. The highest BCUT2D eigenvalue weighted by Crippen LogP contribution is 2.35. The number of rotatable bonds is 3. The van der Waals surface area contributed by atoms with Crippen LogP contribution in [0.2, 0.25) is 0 Å². The van der Waals surface area contributed by atoms with Gasteiger partial charge in [-0.2, -0.15) is 9.61 Å². The predicted molar refractivity (Wildman–Crippen MR) is 112 cm³/mol. The van der Waals surface area contributed by atoms with E-state index in [0.29, 0.717) is 25.9 Å². The first-order chi connectivity index (χ1) is 14.4. The van der Waals surface area contributed by atoms with Gasteiger partial charge in [-0.3, -0.25) is 0 Å². The molecule has 5 rings (SSSR count). The molecule has 30 heavy (non-hydrogen) atoms. The van der Waals surface area contributed by atoms with Crippen molar-refractivity contribution >= 4 is 11.5 Å². The second-order valence-electron chi connectivity index (χ2n) is 7.94. The quantitative estimate of drug-likeness (QED) is 0.566. The van der Waals surface area contributed by atoms with Gasteiger partial charge in [0.25, 0.3) is 0 Å². The monoisotopic (exact) mass is 406 g/mol. The third-order valence-corrected chi connectivity index (χ3v) is 5.88. The van der Waals surface area contributed by atoms with Crippen LogP contribution in [-0.4, -0.2) is 42.3 Å². The molecule has 7 nitrogen and oxygen atoms in total. The number of halogens is 1. The highest BCUT2D eigenvalue weighted by molar-refractivity contribution is 5.61. The second kappa shape index (κ2) is 6.91. The van der Waals surface area contributed by atoms with Gasteiger partial charge >= 0.3 is 0 Å². The van der Waals surface area contributed by atoms with Gasteiger partial charge in [0.1, 0.15) is 17.3 Å². The highest BCUT2D eigenvalue weighted by Gasteiger charge is 2.35. The number of aromatic nitrogens is 5. The zero-order chi connectivity index (χ0) is 20.9. The van der Waals surface area contributed by atoms with Gasteiger partial charge in [-0.15, -0.1) is 0 Å². The number of piperidine rings is 1. The molecule has 1 fully saturated rings. The van der Waals surface area contributed by atoms with Crippen molar-refractivity contribution in [1.82, 2.24) is 24.1 Å². The van der Waals surface area contributed by atoms with Crippen molar-refractivity contribution in [2.45, 2.75) is 25.4 Å². The Morgan fingerprint density at radius 2 is 1.83 bits per heavy atom. The van der Waals surface area contributed by atoms with Gasteiger partial charge in [0.05, 0.1) is 5.60 Å². The fourth-order valence-corrected chi connectivity index (χ4v) is 4.18. The number of fused-ring (bicyclic) bond motifs is 1. The van der Waals surface area contributed by atoms with Crippen LogP contribution in [0, 0.1) is 12.7 Å². The molecule has 1 aliphatic heterocycles. The highest BCUT2D eigenvalue weighted by atomic mass is 19.1. The number of hydrogen-bond acceptors (Lipinski definition) is 5. The van der Waals surface area contributed by atoms with Gasteiger partial charge < -0.3 is 14.6 Å². The average molecular weight is 406 g/mol. The van der Waals surface area contributed by atoms with Gasteiger partial charge in [-0.1, -0.05) is 12.1 Å². The minimum atomic E-state index is -0.951. The van der Waals surface area contributed by atoms with E-state index in [2.05, 4.69) is 14.9 Å². The van der Waals surface area contributed by atoms with Crippen LogP contribution < -0.4 is 4.90 Å². The number of hydrogen-bond donors (Lipinski definition) is 1. The molecule has 0 amide bonds. The molecule has 0 spiro atoms. The van der Waals surface area contributed by atoms with E-state index in [-0.39, 0.29) is 5.82 Å². The number of aliphatic hydroxyl groups is 1. The van der Waals surface area contributed by atoms with E-state index in [9.17, 15) is 9.50 Å². The van der Waals surface area contributed by atoms with Crippen molar-refractivity contribution < 1.29 is 9.50 Å². The van der Waals surface area contributed by atoms with Crippen LogP contribution in [0.25, 0.3) is 17.2 Å². The van der Waals surface area contributed by atoms with Crippen LogP contribution in [0.1, 0.15) is 24.1 Å². The summed E-state index contributed by atoms with van der Waals surface area (Å²) < 4.78 is 17.0. The van der Waals surface area contributed by atoms with E-state index in [0.717, 1.165) is 34.2 Å². The van der Waals surface area contributed by atoms with Crippen molar-refractivity contribution in [2.24, 2.45) is 7.05 Å². The summed E-state index contributed by atoms with van der Waals surface area (Å²) in [6, 6.07) is 10.1. The summed E-state index contributed by atoms with van der Waals surface area (Å²) >= 11 is 0. The van der Waals surface area contributed by atoms with Gasteiger partial charge in [-0.05, 0) is 37.5 Å². The van der Waals surface area contributed by atoms with E-state index in [4.69, 9.17) is 5.10 Å². The van der Waals surface area contributed by atoms with Crippen LogP contribution in [0.5, 0.6) is 0 Å². The Hall–Kier alpha value is -3.26.